The third-order valence-corrected chi connectivity index (χ3v) is 8.42. The molecular formula is C32H36N4O. The number of ketones is 1. The van der Waals surface area contributed by atoms with E-state index in [0.717, 1.165) is 54.1 Å². The molecule has 0 atom stereocenters. The Bertz CT molecular complexity index is 1350. The van der Waals surface area contributed by atoms with Gasteiger partial charge in [-0.05, 0) is 81.6 Å². The van der Waals surface area contributed by atoms with Gasteiger partial charge >= 0.3 is 0 Å². The summed E-state index contributed by atoms with van der Waals surface area (Å²) in [6, 6.07) is 14.1. The summed E-state index contributed by atoms with van der Waals surface area (Å²) >= 11 is 0. The van der Waals surface area contributed by atoms with Crippen LogP contribution < -0.4 is 4.90 Å². The number of H-pyrrole nitrogens is 1. The Morgan fingerprint density at radius 1 is 1.03 bits per heavy atom. The monoisotopic (exact) mass is 492 g/mol. The number of piperidine rings is 2. The van der Waals surface area contributed by atoms with Crippen LogP contribution in [0.4, 0.5) is 5.69 Å². The number of fused-ring (bicyclic) bond motifs is 2. The van der Waals surface area contributed by atoms with E-state index in [-0.39, 0.29) is 5.78 Å². The zero-order valence-electron chi connectivity index (χ0n) is 22.2. The number of aromatic amines is 1. The normalized spacial score (nSPS) is 19.3. The third-order valence-electron chi connectivity index (χ3n) is 8.42. The van der Waals surface area contributed by atoms with Crippen LogP contribution in [0.5, 0.6) is 0 Å². The fourth-order valence-corrected chi connectivity index (χ4v) is 6.37. The van der Waals surface area contributed by atoms with Gasteiger partial charge in [0.2, 0.25) is 0 Å². The first-order valence-corrected chi connectivity index (χ1v) is 13.5. The number of hydrogen-bond donors (Lipinski definition) is 1. The maximum Gasteiger partial charge on any atom is 0.195 e. The van der Waals surface area contributed by atoms with E-state index in [9.17, 15) is 10.1 Å². The van der Waals surface area contributed by atoms with Crippen molar-refractivity contribution in [3.63, 3.8) is 0 Å². The molecule has 3 heterocycles. The second kappa shape index (κ2) is 10.1. The first kappa shape index (κ1) is 25.1. The van der Waals surface area contributed by atoms with E-state index in [0.29, 0.717) is 22.7 Å². The van der Waals surface area contributed by atoms with Crippen LogP contribution in [-0.2, 0) is 5.41 Å². The van der Waals surface area contributed by atoms with Crippen LogP contribution in [0, 0.1) is 30.6 Å². The number of nitrogens with zero attached hydrogens (tertiary/aromatic N) is 3. The standard InChI is InChI=1S/C32H36N4O/c1-5-24-19-27-28(20-29(24)36-16-12-25(13-17-36)35-14-7-6-8-15-35)32(3,4)31-26(30(27)37)11-9-10-23(21-33)18-22(2)34-31/h1,9-11,18-20,25,34H,6-8,12-17H2,2-4H3. The third kappa shape index (κ3) is 4.65. The summed E-state index contributed by atoms with van der Waals surface area (Å²) in [6.07, 6.45) is 12.3. The van der Waals surface area contributed by atoms with Crippen molar-refractivity contribution in [2.45, 2.75) is 64.3 Å². The lowest BCUT2D eigenvalue weighted by Crippen LogP contribution is -2.47. The summed E-state index contributed by atoms with van der Waals surface area (Å²) in [5, 5.41) is 9.44. The minimum absolute atomic E-state index is 0.0402. The van der Waals surface area contributed by atoms with E-state index < -0.39 is 5.41 Å². The van der Waals surface area contributed by atoms with E-state index >= 15 is 0 Å². The van der Waals surface area contributed by atoms with Crippen LogP contribution in [0.1, 0.15) is 90.0 Å². The molecule has 1 aromatic heterocycles. The molecule has 5 heteroatoms. The molecule has 190 valence electrons. The molecule has 5 rings (SSSR count). The second-order valence-corrected chi connectivity index (χ2v) is 11.2. The van der Waals surface area contributed by atoms with Crippen molar-refractivity contribution in [1.29, 1.82) is 5.26 Å². The highest BCUT2D eigenvalue weighted by molar-refractivity contribution is 6.13. The number of nitrogens with one attached hydrogen (secondary N) is 1. The number of terminal acetylenes is 1. The zero-order chi connectivity index (χ0) is 26.2. The number of anilines is 1. The first-order chi connectivity index (χ1) is 17.8. The molecule has 2 aromatic rings. The summed E-state index contributed by atoms with van der Waals surface area (Å²) in [4.78, 5) is 22.4. The molecular weight excluding hydrogens is 456 g/mol. The molecule has 37 heavy (non-hydrogen) atoms. The van der Waals surface area contributed by atoms with E-state index in [1.807, 2.05) is 25.1 Å². The van der Waals surface area contributed by atoms with E-state index in [1.54, 1.807) is 12.1 Å². The van der Waals surface area contributed by atoms with Crippen molar-refractivity contribution < 1.29 is 4.79 Å². The van der Waals surface area contributed by atoms with E-state index in [2.05, 4.69) is 46.7 Å². The van der Waals surface area contributed by atoms with Gasteiger partial charge in [-0.15, -0.1) is 6.42 Å². The lowest BCUT2D eigenvalue weighted by atomic mass is 9.70. The summed E-state index contributed by atoms with van der Waals surface area (Å²) in [5.41, 5.74) is 5.87. The Balaban J connectivity index is 1.54. The van der Waals surface area contributed by atoms with Gasteiger partial charge < -0.3 is 14.8 Å². The fraction of sp³-hybridized carbons (Fsp3) is 0.438. The molecule has 2 saturated heterocycles. The van der Waals surface area contributed by atoms with Gasteiger partial charge in [-0.3, -0.25) is 4.79 Å². The predicted octanol–water partition coefficient (Wildman–Crippen LogP) is 5.63. The second-order valence-electron chi connectivity index (χ2n) is 11.2. The molecule has 0 bridgehead atoms. The molecule has 1 aliphatic carbocycles. The summed E-state index contributed by atoms with van der Waals surface area (Å²) < 4.78 is 0. The minimum Gasteiger partial charge on any atom is -0.370 e. The van der Waals surface area contributed by atoms with Crippen molar-refractivity contribution >= 4 is 11.5 Å². The average Bonchev–Trinajstić information content (AvgIpc) is 3.00. The van der Waals surface area contributed by atoms with Gasteiger partial charge in [0.1, 0.15) is 0 Å². The summed E-state index contributed by atoms with van der Waals surface area (Å²) in [6.45, 7) is 10.6. The molecule has 0 unspecified atom stereocenters. The number of rotatable bonds is 2. The van der Waals surface area contributed by atoms with Crippen LogP contribution in [0.2, 0.25) is 0 Å². The van der Waals surface area contributed by atoms with Crippen molar-refractivity contribution in [2.75, 3.05) is 31.1 Å². The van der Waals surface area contributed by atoms with E-state index in [1.165, 1.54) is 32.4 Å². The smallest absolute Gasteiger partial charge is 0.195 e. The molecule has 0 spiro atoms. The molecule has 1 N–H and O–H groups in total. The number of carbonyl (C=O) groups excluding carboxylic acids is 1. The highest BCUT2D eigenvalue weighted by Crippen LogP contribution is 2.43. The van der Waals surface area contributed by atoms with Crippen molar-refractivity contribution in [3.8, 4) is 18.4 Å². The van der Waals surface area contributed by atoms with Gasteiger partial charge in [-0.1, -0.05) is 32.3 Å². The number of benzene rings is 1. The maximum absolute atomic E-state index is 13.8. The molecule has 2 aliphatic heterocycles. The van der Waals surface area contributed by atoms with Gasteiger partial charge in [0, 0.05) is 52.6 Å². The minimum atomic E-state index is -0.455. The lowest BCUT2D eigenvalue weighted by Gasteiger charge is -2.42. The molecule has 0 radical (unpaired) electrons. The number of hydrogen-bond acceptors (Lipinski definition) is 4. The number of nitriles is 1. The molecule has 0 saturated carbocycles. The molecule has 1 aromatic carbocycles. The van der Waals surface area contributed by atoms with Gasteiger partial charge in [0.05, 0.1) is 17.3 Å². The van der Waals surface area contributed by atoms with E-state index in [4.69, 9.17) is 6.42 Å². The van der Waals surface area contributed by atoms with Crippen LogP contribution >= 0.6 is 0 Å². The summed E-state index contributed by atoms with van der Waals surface area (Å²) in [5.74, 6) is 2.84. The SMILES string of the molecule is C#Cc1cc2c(cc1N1CCC(N3CCCCC3)CC1)C(C)(C)c1[nH]c(C)cc(C#N)cccc1C2=O. The predicted molar refractivity (Wildman–Crippen MR) is 148 cm³/mol. The Morgan fingerprint density at radius 2 is 1.76 bits per heavy atom. The molecule has 5 nitrogen and oxygen atoms in total. The molecule has 3 aliphatic rings. The Hall–Kier alpha value is -3.54. The Morgan fingerprint density at radius 3 is 2.43 bits per heavy atom. The maximum atomic E-state index is 13.8. The average molecular weight is 493 g/mol. The largest absolute Gasteiger partial charge is 0.370 e. The van der Waals surface area contributed by atoms with Gasteiger partial charge in [-0.2, -0.15) is 5.26 Å². The number of aromatic nitrogens is 1. The van der Waals surface area contributed by atoms with Gasteiger partial charge in [0.15, 0.2) is 5.78 Å². The lowest BCUT2D eigenvalue weighted by molar-refractivity contribution is 0.103. The van der Waals surface area contributed by atoms with Crippen molar-refractivity contribution in [2.24, 2.45) is 0 Å². The number of aryl methyl sites for hydroxylation is 1. The van der Waals surface area contributed by atoms with Gasteiger partial charge in [0.25, 0.3) is 0 Å². The molecule has 2 fully saturated rings. The highest BCUT2D eigenvalue weighted by Gasteiger charge is 2.38. The quantitative estimate of drug-likeness (QED) is 0.552. The first-order valence-electron chi connectivity index (χ1n) is 13.5. The van der Waals surface area contributed by atoms with Crippen molar-refractivity contribution in [1.82, 2.24) is 9.88 Å². The van der Waals surface area contributed by atoms with Gasteiger partial charge in [-0.25, -0.2) is 0 Å². The zero-order valence-corrected chi connectivity index (χ0v) is 22.2. The fourth-order valence-electron chi connectivity index (χ4n) is 6.37. The van der Waals surface area contributed by atoms with Crippen LogP contribution in [-0.4, -0.2) is 47.9 Å². The van der Waals surface area contributed by atoms with Crippen LogP contribution in [0.25, 0.3) is 0 Å². The Labute approximate surface area is 220 Å². The number of likely N-dealkylation sites (tertiary alicyclic amines) is 1. The highest BCUT2D eigenvalue weighted by atomic mass is 16.1. The van der Waals surface area contributed by atoms with Crippen molar-refractivity contribution in [3.05, 3.63) is 75.6 Å². The van der Waals surface area contributed by atoms with Crippen LogP contribution in [0.15, 0.2) is 36.4 Å². The van der Waals surface area contributed by atoms with Crippen LogP contribution in [0.3, 0.4) is 0 Å². The topological polar surface area (TPSA) is 63.1 Å². The number of carbonyl (C=O) groups is 1. The summed E-state index contributed by atoms with van der Waals surface area (Å²) in [7, 11) is 0. The Kier molecular flexibility index (Phi) is 6.84. The molecule has 0 amide bonds.